The second-order valence-electron chi connectivity index (χ2n) is 7.15. The third kappa shape index (κ3) is 5.11. The predicted octanol–water partition coefficient (Wildman–Crippen LogP) is 2.93. The van der Waals surface area contributed by atoms with Crippen molar-refractivity contribution in [1.29, 1.82) is 0 Å². The molecule has 1 aliphatic rings. The molecular weight excluding hydrogens is 495 g/mol. The number of aliphatic imine (C=N–C) groups is 1. The zero-order chi connectivity index (χ0) is 18.8. The summed E-state index contributed by atoms with van der Waals surface area (Å²) in [6, 6.07) is 8.19. The van der Waals surface area contributed by atoms with E-state index in [4.69, 9.17) is 0 Å². The highest BCUT2D eigenvalue weighted by Crippen LogP contribution is 2.24. The van der Waals surface area contributed by atoms with Crippen LogP contribution in [-0.2, 0) is 16.3 Å². The van der Waals surface area contributed by atoms with Gasteiger partial charge in [0.1, 0.15) is 0 Å². The van der Waals surface area contributed by atoms with E-state index in [0.717, 1.165) is 35.9 Å². The van der Waals surface area contributed by atoms with Gasteiger partial charge >= 0.3 is 0 Å². The lowest BCUT2D eigenvalue weighted by Crippen LogP contribution is -2.57. The van der Waals surface area contributed by atoms with E-state index in [1.807, 2.05) is 23.1 Å². The Morgan fingerprint density at radius 3 is 2.78 bits per heavy atom. The lowest BCUT2D eigenvalue weighted by Gasteiger charge is -2.39. The standard InChI is InChI=1S/C18H26N4O2S2.HI/c1-18(2)13-22(11-12-26(18,23)24)17(19-3)20-10-6-9-16-21-14-7-4-5-8-15(14)25-16;/h4-5,7-8H,6,9-13H2,1-3H3,(H,19,20);1H. The van der Waals surface area contributed by atoms with Gasteiger partial charge in [0.15, 0.2) is 15.8 Å². The Labute approximate surface area is 182 Å². The Bertz CT molecular complexity index is 876. The summed E-state index contributed by atoms with van der Waals surface area (Å²) >= 11 is 1.74. The minimum Gasteiger partial charge on any atom is -0.356 e. The topological polar surface area (TPSA) is 74.7 Å². The fourth-order valence-corrected chi connectivity index (χ4v) is 5.50. The molecule has 3 rings (SSSR count). The number of thiazole rings is 1. The average molecular weight is 522 g/mol. The molecule has 0 bridgehead atoms. The van der Waals surface area contributed by atoms with Crippen LogP contribution in [-0.4, -0.2) is 61.4 Å². The zero-order valence-electron chi connectivity index (χ0n) is 15.9. The van der Waals surface area contributed by atoms with E-state index >= 15 is 0 Å². The summed E-state index contributed by atoms with van der Waals surface area (Å²) in [6.07, 6.45) is 1.87. The molecular formula is C18H27IN4O2S2. The van der Waals surface area contributed by atoms with Crippen molar-refractivity contribution in [1.82, 2.24) is 15.2 Å². The highest BCUT2D eigenvalue weighted by atomic mass is 127. The van der Waals surface area contributed by atoms with Crippen LogP contribution in [0.15, 0.2) is 29.3 Å². The van der Waals surface area contributed by atoms with E-state index < -0.39 is 14.6 Å². The van der Waals surface area contributed by atoms with Gasteiger partial charge in [0.05, 0.1) is 25.7 Å². The minimum absolute atomic E-state index is 0. The molecule has 1 aliphatic heterocycles. The first kappa shape index (κ1) is 22.4. The number of aryl methyl sites for hydroxylation is 1. The van der Waals surface area contributed by atoms with Gasteiger partial charge in [0.25, 0.3) is 0 Å². The third-order valence-electron chi connectivity index (χ3n) is 4.74. The number of nitrogens with one attached hydrogen (secondary N) is 1. The van der Waals surface area contributed by atoms with Gasteiger partial charge in [-0.25, -0.2) is 13.4 Å². The largest absolute Gasteiger partial charge is 0.356 e. The number of sulfone groups is 1. The molecule has 0 saturated carbocycles. The van der Waals surface area contributed by atoms with Gasteiger partial charge < -0.3 is 10.2 Å². The SMILES string of the molecule is CN=C(NCCCc1nc2ccccc2s1)N1CCS(=O)(=O)C(C)(C)C1.I. The van der Waals surface area contributed by atoms with Gasteiger partial charge in [-0.2, -0.15) is 0 Å². The Morgan fingerprint density at radius 2 is 2.11 bits per heavy atom. The van der Waals surface area contributed by atoms with Crippen LogP contribution in [0.3, 0.4) is 0 Å². The van der Waals surface area contributed by atoms with Gasteiger partial charge in [-0.1, -0.05) is 12.1 Å². The Morgan fingerprint density at radius 1 is 1.37 bits per heavy atom. The summed E-state index contributed by atoms with van der Waals surface area (Å²) in [5.74, 6) is 0.948. The van der Waals surface area contributed by atoms with Crippen molar-refractivity contribution in [3.8, 4) is 0 Å². The lowest BCUT2D eigenvalue weighted by molar-refractivity contribution is 0.353. The zero-order valence-corrected chi connectivity index (χ0v) is 19.9. The Hall–Kier alpha value is -0.940. The summed E-state index contributed by atoms with van der Waals surface area (Å²) in [6.45, 7) is 5.31. The second kappa shape index (κ2) is 9.04. The van der Waals surface area contributed by atoms with Gasteiger partial charge in [0, 0.05) is 33.1 Å². The molecule has 2 aromatic rings. The average Bonchev–Trinajstić information content (AvgIpc) is 3.00. The number of rotatable bonds is 4. The van der Waals surface area contributed by atoms with E-state index in [-0.39, 0.29) is 29.7 Å². The van der Waals surface area contributed by atoms with Crippen molar-refractivity contribution in [3.05, 3.63) is 29.3 Å². The summed E-state index contributed by atoms with van der Waals surface area (Å²) in [5, 5.41) is 4.51. The second-order valence-corrected chi connectivity index (χ2v) is 11.0. The third-order valence-corrected chi connectivity index (χ3v) is 8.37. The van der Waals surface area contributed by atoms with Crippen molar-refractivity contribution >= 4 is 61.3 Å². The molecule has 1 fully saturated rings. The summed E-state index contributed by atoms with van der Waals surface area (Å²) < 4.78 is 24.8. The molecule has 150 valence electrons. The Balaban J connectivity index is 0.00000261. The maximum Gasteiger partial charge on any atom is 0.193 e. The molecule has 2 heterocycles. The summed E-state index contributed by atoms with van der Waals surface area (Å²) in [5.41, 5.74) is 1.06. The number of halogens is 1. The van der Waals surface area contributed by atoms with Crippen molar-refractivity contribution in [2.45, 2.75) is 31.4 Å². The normalized spacial score (nSPS) is 18.9. The molecule has 0 spiro atoms. The van der Waals surface area contributed by atoms with Crippen molar-refractivity contribution in [2.24, 2.45) is 4.99 Å². The highest BCUT2D eigenvalue weighted by molar-refractivity contribution is 14.0. The first-order valence-electron chi connectivity index (χ1n) is 8.85. The van der Waals surface area contributed by atoms with Gasteiger partial charge in [-0.3, -0.25) is 4.99 Å². The number of hydrogen-bond donors (Lipinski definition) is 1. The molecule has 9 heteroatoms. The number of fused-ring (bicyclic) bond motifs is 1. The number of guanidine groups is 1. The van der Waals surface area contributed by atoms with E-state index in [9.17, 15) is 8.42 Å². The predicted molar refractivity (Wildman–Crippen MR) is 124 cm³/mol. The van der Waals surface area contributed by atoms with E-state index in [0.29, 0.717) is 13.1 Å². The fraction of sp³-hybridized carbons (Fsp3) is 0.556. The first-order valence-corrected chi connectivity index (χ1v) is 11.3. The van der Waals surface area contributed by atoms with Crippen molar-refractivity contribution < 1.29 is 8.42 Å². The van der Waals surface area contributed by atoms with E-state index in [2.05, 4.69) is 21.4 Å². The summed E-state index contributed by atoms with van der Waals surface area (Å²) in [7, 11) is -1.30. The molecule has 0 atom stereocenters. The molecule has 6 nitrogen and oxygen atoms in total. The molecule has 0 aliphatic carbocycles. The molecule has 0 unspecified atom stereocenters. The van der Waals surface area contributed by atoms with E-state index in [1.54, 1.807) is 32.2 Å². The number of benzene rings is 1. The van der Waals surface area contributed by atoms with Crippen LogP contribution in [0.2, 0.25) is 0 Å². The monoisotopic (exact) mass is 522 g/mol. The van der Waals surface area contributed by atoms with Crippen LogP contribution in [0.4, 0.5) is 0 Å². The highest BCUT2D eigenvalue weighted by Gasteiger charge is 2.40. The fourth-order valence-electron chi connectivity index (χ4n) is 3.12. The smallest absolute Gasteiger partial charge is 0.193 e. The van der Waals surface area contributed by atoms with Gasteiger partial charge in [0.2, 0.25) is 0 Å². The molecule has 1 N–H and O–H groups in total. The number of para-hydroxylation sites is 1. The van der Waals surface area contributed by atoms with Crippen LogP contribution in [0, 0.1) is 0 Å². The van der Waals surface area contributed by atoms with Crippen LogP contribution >= 0.6 is 35.3 Å². The molecule has 0 amide bonds. The molecule has 1 aromatic carbocycles. The molecule has 1 saturated heterocycles. The van der Waals surface area contributed by atoms with Crippen LogP contribution in [0.1, 0.15) is 25.3 Å². The van der Waals surface area contributed by atoms with Crippen LogP contribution in [0.5, 0.6) is 0 Å². The van der Waals surface area contributed by atoms with E-state index in [1.165, 1.54) is 4.70 Å². The van der Waals surface area contributed by atoms with Crippen molar-refractivity contribution in [3.63, 3.8) is 0 Å². The molecule has 1 aromatic heterocycles. The quantitative estimate of drug-likeness (QED) is 0.289. The number of hydrogen-bond acceptors (Lipinski definition) is 5. The van der Waals surface area contributed by atoms with Crippen molar-refractivity contribution in [2.75, 3.05) is 32.4 Å². The number of aromatic nitrogens is 1. The van der Waals surface area contributed by atoms with Crippen LogP contribution < -0.4 is 5.32 Å². The maximum atomic E-state index is 12.2. The first-order chi connectivity index (χ1) is 12.3. The lowest BCUT2D eigenvalue weighted by atomic mass is 10.2. The minimum atomic E-state index is -3.04. The maximum absolute atomic E-state index is 12.2. The summed E-state index contributed by atoms with van der Waals surface area (Å²) in [4.78, 5) is 11.0. The van der Waals surface area contributed by atoms with Gasteiger partial charge in [-0.15, -0.1) is 35.3 Å². The molecule has 0 radical (unpaired) electrons. The van der Waals surface area contributed by atoms with Crippen LogP contribution in [0.25, 0.3) is 10.2 Å². The molecule has 27 heavy (non-hydrogen) atoms. The Kier molecular flexibility index (Phi) is 7.48. The number of nitrogens with zero attached hydrogens (tertiary/aromatic N) is 3. The van der Waals surface area contributed by atoms with Gasteiger partial charge in [-0.05, 0) is 32.4 Å².